The Kier molecular flexibility index (Phi) is 5.75. The van der Waals surface area contributed by atoms with Gasteiger partial charge in [0, 0.05) is 20.2 Å². The third kappa shape index (κ3) is 3.87. The van der Waals surface area contributed by atoms with E-state index in [4.69, 9.17) is 22.1 Å². The first-order valence-corrected chi connectivity index (χ1v) is 6.18. The largest absolute Gasteiger partial charge is 0.383 e. The highest BCUT2D eigenvalue weighted by atomic mass is 35.5. The van der Waals surface area contributed by atoms with Crippen LogP contribution in [0.1, 0.15) is 12.5 Å². The maximum atomic E-state index is 6.28. The van der Waals surface area contributed by atoms with Crippen molar-refractivity contribution in [3.05, 3.63) is 28.8 Å². The average molecular weight is 257 g/mol. The summed E-state index contributed by atoms with van der Waals surface area (Å²) < 4.78 is 5.15. The highest BCUT2D eigenvalue weighted by Gasteiger charge is 2.12. The standard InChI is InChI=1S/C13H21ClN2O/c1-10(9-17-3)16(2)13-5-4-11(6-7-15)8-12(13)14/h4-5,8,10H,6-7,9,15H2,1-3H3. The Bertz CT molecular complexity index is 357. The molecule has 1 unspecified atom stereocenters. The zero-order valence-corrected chi connectivity index (χ0v) is 11.5. The molecule has 0 heterocycles. The number of hydrogen-bond acceptors (Lipinski definition) is 3. The van der Waals surface area contributed by atoms with E-state index in [0.29, 0.717) is 13.2 Å². The molecule has 0 aromatic heterocycles. The fourth-order valence-electron chi connectivity index (χ4n) is 1.75. The third-order valence-corrected chi connectivity index (χ3v) is 3.20. The topological polar surface area (TPSA) is 38.5 Å². The monoisotopic (exact) mass is 256 g/mol. The van der Waals surface area contributed by atoms with Crippen LogP contribution in [0.2, 0.25) is 5.02 Å². The number of nitrogens with zero attached hydrogens (tertiary/aromatic N) is 1. The average Bonchev–Trinajstić information content (AvgIpc) is 2.29. The number of halogens is 1. The van der Waals surface area contributed by atoms with E-state index in [9.17, 15) is 0 Å². The van der Waals surface area contributed by atoms with E-state index in [-0.39, 0.29) is 6.04 Å². The normalized spacial score (nSPS) is 12.5. The van der Waals surface area contributed by atoms with Crippen molar-refractivity contribution < 1.29 is 4.74 Å². The van der Waals surface area contributed by atoms with Crippen molar-refractivity contribution >= 4 is 17.3 Å². The van der Waals surface area contributed by atoms with Crippen molar-refractivity contribution in [1.29, 1.82) is 0 Å². The number of nitrogens with two attached hydrogens (primary N) is 1. The number of rotatable bonds is 6. The lowest BCUT2D eigenvalue weighted by molar-refractivity contribution is 0.183. The molecular formula is C13H21ClN2O. The van der Waals surface area contributed by atoms with Gasteiger partial charge in [-0.05, 0) is 37.6 Å². The molecule has 0 aliphatic heterocycles. The smallest absolute Gasteiger partial charge is 0.0663 e. The second-order valence-electron chi connectivity index (χ2n) is 4.24. The van der Waals surface area contributed by atoms with Crippen LogP contribution in [0.25, 0.3) is 0 Å². The Morgan fingerprint density at radius 2 is 2.18 bits per heavy atom. The van der Waals surface area contributed by atoms with E-state index in [2.05, 4.69) is 17.9 Å². The molecule has 0 aliphatic rings. The molecule has 17 heavy (non-hydrogen) atoms. The molecule has 1 aromatic rings. The summed E-state index contributed by atoms with van der Waals surface area (Å²) in [5.41, 5.74) is 7.73. The first-order valence-electron chi connectivity index (χ1n) is 5.80. The van der Waals surface area contributed by atoms with Gasteiger partial charge in [-0.2, -0.15) is 0 Å². The number of ether oxygens (including phenoxy) is 1. The zero-order valence-electron chi connectivity index (χ0n) is 10.7. The molecule has 0 radical (unpaired) electrons. The number of benzene rings is 1. The summed E-state index contributed by atoms with van der Waals surface area (Å²) in [4.78, 5) is 2.12. The lowest BCUT2D eigenvalue weighted by Crippen LogP contribution is -2.32. The van der Waals surface area contributed by atoms with Crippen LogP contribution in [-0.4, -0.2) is 33.4 Å². The number of likely N-dealkylation sites (N-methyl/N-ethyl adjacent to an activating group) is 1. The maximum absolute atomic E-state index is 6.28. The van der Waals surface area contributed by atoms with Crippen LogP contribution in [0.5, 0.6) is 0 Å². The first kappa shape index (κ1) is 14.3. The van der Waals surface area contributed by atoms with Gasteiger partial charge in [0.05, 0.1) is 17.3 Å². The van der Waals surface area contributed by atoms with E-state index >= 15 is 0 Å². The molecule has 2 N–H and O–H groups in total. The van der Waals surface area contributed by atoms with E-state index in [0.717, 1.165) is 17.1 Å². The second-order valence-corrected chi connectivity index (χ2v) is 4.65. The van der Waals surface area contributed by atoms with Crippen LogP contribution in [0.3, 0.4) is 0 Å². The van der Waals surface area contributed by atoms with Crippen molar-refractivity contribution in [2.75, 3.05) is 32.2 Å². The predicted octanol–water partition coefficient (Wildman–Crippen LogP) is 2.31. The molecule has 0 saturated heterocycles. The summed E-state index contributed by atoms with van der Waals surface area (Å²) in [5.74, 6) is 0. The summed E-state index contributed by atoms with van der Waals surface area (Å²) in [6, 6.07) is 6.39. The van der Waals surface area contributed by atoms with E-state index in [1.807, 2.05) is 19.2 Å². The van der Waals surface area contributed by atoms with Crippen LogP contribution in [-0.2, 0) is 11.2 Å². The molecule has 1 aromatic carbocycles. The molecule has 4 heteroatoms. The molecule has 1 rings (SSSR count). The molecule has 0 amide bonds. The van der Waals surface area contributed by atoms with Crippen LogP contribution in [0.15, 0.2) is 18.2 Å². The Morgan fingerprint density at radius 1 is 1.47 bits per heavy atom. The van der Waals surface area contributed by atoms with Gasteiger partial charge in [-0.3, -0.25) is 0 Å². The van der Waals surface area contributed by atoms with Crippen molar-refractivity contribution in [2.24, 2.45) is 5.73 Å². The van der Waals surface area contributed by atoms with E-state index in [1.54, 1.807) is 7.11 Å². The number of hydrogen-bond donors (Lipinski definition) is 1. The van der Waals surface area contributed by atoms with Gasteiger partial charge in [0.2, 0.25) is 0 Å². The summed E-state index contributed by atoms with van der Waals surface area (Å²) in [7, 11) is 3.73. The van der Waals surface area contributed by atoms with Crippen molar-refractivity contribution in [3.63, 3.8) is 0 Å². The summed E-state index contributed by atoms with van der Waals surface area (Å²) in [5, 5.41) is 0.765. The Morgan fingerprint density at radius 3 is 2.71 bits per heavy atom. The Balaban J connectivity index is 2.83. The van der Waals surface area contributed by atoms with Gasteiger partial charge in [0.1, 0.15) is 0 Å². The van der Waals surface area contributed by atoms with Crippen molar-refractivity contribution in [2.45, 2.75) is 19.4 Å². The molecule has 0 saturated carbocycles. The lowest BCUT2D eigenvalue weighted by Gasteiger charge is -2.27. The van der Waals surface area contributed by atoms with Gasteiger partial charge in [0.15, 0.2) is 0 Å². The third-order valence-electron chi connectivity index (χ3n) is 2.89. The minimum Gasteiger partial charge on any atom is -0.383 e. The van der Waals surface area contributed by atoms with Gasteiger partial charge < -0.3 is 15.4 Å². The second kappa shape index (κ2) is 6.84. The highest BCUT2D eigenvalue weighted by Crippen LogP contribution is 2.27. The van der Waals surface area contributed by atoms with Gasteiger partial charge >= 0.3 is 0 Å². The van der Waals surface area contributed by atoms with Crippen LogP contribution >= 0.6 is 11.6 Å². The molecule has 1 atom stereocenters. The number of anilines is 1. The van der Waals surface area contributed by atoms with Crippen LogP contribution < -0.4 is 10.6 Å². The molecule has 0 bridgehead atoms. The summed E-state index contributed by atoms with van der Waals surface area (Å²) >= 11 is 6.28. The molecule has 0 aliphatic carbocycles. The fraction of sp³-hybridized carbons (Fsp3) is 0.538. The lowest BCUT2D eigenvalue weighted by atomic mass is 10.1. The summed E-state index contributed by atoms with van der Waals surface area (Å²) in [6.45, 7) is 3.43. The van der Waals surface area contributed by atoms with Gasteiger partial charge in [-0.1, -0.05) is 17.7 Å². The molecule has 0 fully saturated rings. The molecule has 0 spiro atoms. The van der Waals surface area contributed by atoms with Gasteiger partial charge in [-0.25, -0.2) is 0 Å². The molecule has 96 valence electrons. The molecule has 3 nitrogen and oxygen atoms in total. The van der Waals surface area contributed by atoms with Gasteiger partial charge in [-0.15, -0.1) is 0 Å². The first-order chi connectivity index (χ1) is 8.10. The number of methoxy groups -OCH3 is 1. The molecular weight excluding hydrogens is 236 g/mol. The van der Waals surface area contributed by atoms with E-state index < -0.39 is 0 Å². The van der Waals surface area contributed by atoms with Crippen LogP contribution in [0.4, 0.5) is 5.69 Å². The Hall–Kier alpha value is -0.770. The SMILES string of the molecule is COCC(C)N(C)c1ccc(CCN)cc1Cl. The van der Waals surface area contributed by atoms with E-state index in [1.165, 1.54) is 5.56 Å². The van der Waals surface area contributed by atoms with Gasteiger partial charge in [0.25, 0.3) is 0 Å². The maximum Gasteiger partial charge on any atom is 0.0663 e. The minimum atomic E-state index is 0.290. The van der Waals surface area contributed by atoms with Crippen molar-refractivity contribution in [1.82, 2.24) is 0 Å². The predicted molar refractivity (Wildman–Crippen MR) is 74.0 cm³/mol. The van der Waals surface area contributed by atoms with Crippen molar-refractivity contribution in [3.8, 4) is 0 Å². The summed E-state index contributed by atoms with van der Waals surface area (Å²) in [6.07, 6.45) is 0.858. The highest BCUT2D eigenvalue weighted by molar-refractivity contribution is 6.33. The fourth-order valence-corrected chi connectivity index (χ4v) is 2.09. The Labute approximate surface area is 109 Å². The quantitative estimate of drug-likeness (QED) is 0.849. The van der Waals surface area contributed by atoms with Crippen LogP contribution in [0, 0.1) is 0 Å². The minimum absolute atomic E-state index is 0.290. The zero-order chi connectivity index (χ0) is 12.8.